The Hall–Kier alpha value is -2.02. The lowest BCUT2D eigenvalue weighted by atomic mass is 10.1. The summed E-state index contributed by atoms with van der Waals surface area (Å²) in [5.74, 6) is -0.927. The number of alkyl halides is 3. The maximum atomic E-state index is 12.9. The maximum absolute atomic E-state index is 12.9. The van der Waals surface area contributed by atoms with Gasteiger partial charge in [-0.15, -0.1) is 6.58 Å². The molecular weight excluding hydrogens is 273 g/mol. The van der Waals surface area contributed by atoms with Gasteiger partial charge in [0.1, 0.15) is 5.75 Å². The first-order valence-corrected chi connectivity index (χ1v) is 5.79. The number of nitrogens with two attached hydrogens (primary N) is 1. The quantitative estimate of drug-likeness (QED) is 0.785. The van der Waals surface area contributed by atoms with Crippen LogP contribution in [0.4, 0.5) is 13.2 Å². The summed E-state index contributed by atoms with van der Waals surface area (Å²) in [7, 11) is 0. The van der Waals surface area contributed by atoms with Crippen molar-refractivity contribution >= 4 is 5.91 Å². The van der Waals surface area contributed by atoms with Crippen molar-refractivity contribution in [2.45, 2.75) is 12.7 Å². The molecule has 3 N–H and O–H groups in total. The molecule has 0 unspecified atom stereocenters. The van der Waals surface area contributed by atoms with E-state index in [4.69, 9.17) is 10.5 Å². The van der Waals surface area contributed by atoms with E-state index in [0.717, 1.165) is 12.1 Å². The normalized spacial score (nSPS) is 11.0. The topological polar surface area (TPSA) is 64.3 Å². The van der Waals surface area contributed by atoms with Gasteiger partial charge in [-0.1, -0.05) is 12.1 Å². The van der Waals surface area contributed by atoms with E-state index in [2.05, 4.69) is 11.9 Å². The van der Waals surface area contributed by atoms with E-state index in [1.165, 1.54) is 12.1 Å². The van der Waals surface area contributed by atoms with Crippen molar-refractivity contribution in [3.63, 3.8) is 0 Å². The third kappa shape index (κ3) is 4.58. The van der Waals surface area contributed by atoms with Gasteiger partial charge < -0.3 is 15.8 Å². The Labute approximate surface area is 114 Å². The summed E-state index contributed by atoms with van der Waals surface area (Å²) in [6, 6.07) is 3.50. The van der Waals surface area contributed by atoms with E-state index in [-0.39, 0.29) is 13.1 Å². The van der Waals surface area contributed by atoms with Crippen molar-refractivity contribution in [2.75, 3.05) is 13.2 Å². The molecule has 0 aromatic heterocycles. The average molecular weight is 288 g/mol. The molecule has 0 atom stereocenters. The highest BCUT2D eigenvalue weighted by atomic mass is 19.4. The second kappa shape index (κ2) is 6.95. The average Bonchev–Trinajstić information content (AvgIpc) is 2.41. The molecule has 1 amide bonds. The third-order valence-corrected chi connectivity index (χ3v) is 2.39. The van der Waals surface area contributed by atoms with Crippen molar-refractivity contribution in [1.82, 2.24) is 5.32 Å². The fourth-order valence-corrected chi connectivity index (χ4v) is 1.43. The predicted octanol–water partition coefficient (Wildman–Crippen LogP) is 1.85. The molecule has 0 aliphatic carbocycles. The molecule has 0 bridgehead atoms. The number of benzene rings is 1. The zero-order valence-electron chi connectivity index (χ0n) is 10.7. The molecule has 0 radical (unpaired) electrons. The lowest BCUT2D eigenvalue weighted by Gasteiger charge is -2.14. The van der Waals surface area contributed by atoms with E-state index < -0.39 is 30.0 Å². The predicted molar refractivity (Wildman–Crippen MR) is 68.0 cm³/mol. The van der Waals surface area contributed by atoms with Crippen LogP contribution in [0.25, 0.3) is 0 Å². The van der Waals surface area contributed by atoms with Gasteiger partial charge in [0, 0.05) is 13.1 Å². The van der Waals surface area contributed by atoms with Gasteiger partial charge in [0.15, 0.2) is 6.61 Å². The minimum absolute atomic E-state index is 0.0107. The maximum Gasteiger partial charge on any atom is 0.419 e. The zero-order valence-corrected chi connectivity index (χ0v) is 10.7. The number of carbonyl (C=O) groups is 1. The van der Waals surface area contributed by atoms with E-state index in [1.54, 1.807) is 0 Å². The van der Waals surface area contributed by atoms with Crippen molar-refractivity contribution in [3.05, 3.63) is 42.0 Å². The van der Waals surface area contributed by atoms with Gasteiger partial charge in [0.05, 0.1) is 5.56 Å². The Bertz CT molecular complexity index is 487. The molecule has 0 fully saturated rings. The van der Waals surface area contributed by atoms with Crippen molar-refractivity contribution < 1.29 is 22.7 Å². The molecule has 1 rings (SSSR count). The number of rotatable bonds is 6. The molecule has 0 saturated heterocycles. The smallest absolute Gasteiger partial charge is 0.419 e. The molecule has 1 aromatic rings. The number of nitrogens with one attached hydrogen (secondary N) is 1. The Morgan fingerprint density at radius 3 is 2.70 bits per heavy atom. The Morgan fingerprint density at radius 2 is 2.15 bits per heavy atom. The fraction of sp³-hybridized carbons (Fsp3) is 0.308. The van der Waals surface area contributed by atoms with E-state index in [9.17, 15) is 18.0 Å². The first kappa shape index (κ1) is 16.0. The number of amides is 1. The SMILES string of the molecule is C=CCNC(=O)COc1ccc(CN)cc1C(F)(F)F. The lowest BCUT2D eigenvalue weighted by Crippen LogP contribution is -2.29. The highest BCUT2D eigenvalue weighted by molar-refractivity contribution is 5.77. The second-order valence-corrected chi connectivity index (χ2v) is 3.91. The van der Waals surface area contributed by atoms with Crippen LogP contribution in [-0.2, 0) is 17.5 Å². The van der Waals surface area contributed by atoms with Crippen LogP contribution in [-0.4, -0.2) is 19.1 Å². The van der Waals surface area contributed by atoms with E-state index >= 15 is 0 Å². The van der Waals surface area contributed by atoms with Gasteiger partial charge in [-0.2, -0.15) is 13.2 Å². The van der Waals surface area contributed by atoms with Crippen LogP contribution in [0.2, 0.25) is 0 Å². The molecule has 4 nitrogen and oxygen atoms in total. The fourth-order valence-electron chi connectivity index (χ4n) is 1.43. The summed E-state index contributed by atoms with van der Waals surface area (Å²) < 4.78 is 43.5. The molecule has 110 valence electrons. The molecule has 0 aliphatic rings. The van der Waals surface area contributed by atoms with Crippen LogP contribution in [0.5, 0.6) is 5.75 Å². The molecule has 20 heavy (non-hydrogen) atoms. The standard InChI is InChI=1S/C13H15F3N2O2/c1-2-5-18-12(19)8-20-11-4-3-9(7-17)6-10(11)13(14,15)16/h2-4,6H,1,5,7-8,17H2,(H,18,19). The van der Waals surface area contributed by atoms with Crippen molar-refractivity contribution in [2.24, 2.45) is 5.73 Å². The van der Waals surface area contributed by atoms with E-state index in [1.807, 2.05) is 0 Å². The van der Waals surface area contributed by atoms with Gasteiger partial charge in [-0.25, -0.2) is 0 Å². The number of ether oxygens (including phenoxy) is 1. The van der Waals surface area contributed by atoms with Crippen LogP contribution >= 0.6 is 0 Å². The summed E-state index contributed by atoms with van der Waals surface area (Å²) in [6.45, 7) is 3.11. The third-order valence-electron chi connectivity index (χ3n) is 2.39. The molecule has 0 saturated carbocycles. The van der Waals surface area contributed by atoms with Crippen LogP contribution in [0.1, 0.15) is 11.1 Å². The minimum atomic E-state index is -4.57. The van der Waals surface area contributed by atoms with Gasteiger partial charge in [-0.05, 0) is 17.7 Å². The van der Waals surface area contributed by atoms with Crippen LogP contribution in [0, 0.1) is 0 Å². The largest absolute Gasteiger partial charge is 0.483 e. The van der Waals surface area contributed by atoms with Crippen molar-refractivity contribution in [3.8, 4) is 5.75 Å². The Morgan fingerprint density at radius 1 is 1.45 bits per heavy atom. The lowest BCUT2D eigenvalue weighted by molar-refractivity contribution is -0.139. The van der Waals surface area contributed by atoms with Gasteiger partial charge in [0.2, 0.25) is 0 Å². The van der Waals surface area contributed by atoms with Crippen LogP contribution < -0.4 is 15.8 Å². The summed E-state index contributed by atoms with van der Waals surface area (Å²) in [6.07, 6.45) is -3.12. The van der Waals surface area contributed by atoms with Gasteiger partial charge in [0.25, 0.3) is 5.91 Å². The molecule has 1 aromatic carbocycles. The summed E-state index contributed by atoms with van der Waals surface area (Å²) >= 11 is 0. The minimum Gasteiger partial charge on any atom is -0.483 e. The highest BCUT2D eigenvalue weighted by Crippen LogP contribution is 2.36. The number of halogens is 3. The monoisotopic (exact) mass is 288 g/mol. The van der Waals surface area contributed by atoms with Crippen molar-refractivity contribution in [1.29, 1.82) is 0 Å². The second-order valence-electron chi connectivity index (χ2n) is 3.91. The number of carbonyl (C=O) groups excluding carboxylic acids is 1. The first-order valence-electron chi connectivity index (χ1n) is 5.79. The van der Waals surface area contributed by atoms with E-state index in [0.29, 0.717) is 5.56 Å². The molecular formula is C13H15F3N2O2. The van der Waals surface area contributed by atoms with Crippen LogP contribution in [0.15, 0.2) is 30.9 Å². The molecule has 0 aliphatic heterocycles. The summed E-state index contributed by atoms with van der Waals surface area (Å²) in [5.41, 5.74) is 4.69. The highest BCUT2D eigenvalue weighted by Gasteiger charge is 2.34. The molecule has 0 heterocycles. The summed E-state index contributed by atoms with van der Waals surface area (Å²) in [5, 5.41) is 2.40. The molecule has 7 heteroatoms. The first-order chi connectivity index (χ1) is 9.38. The van der Waals surface area contributed by atoms with Crippen LogP contribution in [0.3, 0.4) is 0 Å². The molecule has 0 spiro atoms. The zero-order chi connectivity index (χ0) is 15.2. The Kier molecular flexibility index (Phi) is 5.57. The van der Waals surface area contributed by atoms with Gasteiger partial charge >= 0.3 is 6.18 Å². The number of hydrogen-bond donors (Lipinski definition) is 2. The summed E-state index contributed by atoms with van der Waals surface area (Å²) in [4.78, 5) is 11.3. The number of hydrogen-bond acceptors (Lipinski definition) is 3. The Balaban J connectivity index is 2.84. The van der Waals surface area contributed by atoms with Gasteiger partial charge in [-0.3, -0.25) is 4.79 Å².